The number of amides is 1. The average molecular weight is 294 g/mol. The van der Waals surface area contributed by atoms with Gasteiger partial charge in [0.15, 0.2) is 0 Å². The number of hydrogen-bond donors (Lipinski definition) is 3. The minimum Gasteiger partial charge on any atom is -0.508 e. The minimum atomic E-state index is -0.777. The molecule has 0 aliphatic carbocycles. The number of phenolic OH excluding ortho intramolecular Hbond substituents is 1. The number of carbonyl (C=O) groups is 2. The van der Waals surface area contributed by atoms with E-state index in [0.29, 0.717) is 6.42 Å². The molecule has 1 aromatic rings. The van der Waals surface area contributed by atoms with Gasteiger partial charge in [-0.05, 0) is 30.0 Å². The van der Waals surface area contributed by atoms with E-state index in [1.807, 2.05) is 13.8 Å². The molecule has 4 N–H and O–H groups in total. The lowest BCUT2D eigenvalue weighted by atomic mass is 10.0. The molecule has 0 aromatic heterocycles. The summed E-state index contributed by atoms with van der Waals surface area (Å²) in [5.74, 6) is -0.841. The van der Waals surface area contributed by atoms with Crippen LogP contribution in [-0.4, -0.2) is 36.2 Å². The summed E-state index contributed by atoms with van der Waals surface area (Å²) in [6.45, 7) is 3.63. The molecule has 0 spiro atoms. The number of rotatable bonds is 6. The molecule has 0 radical (unpaired) electrons. The minimum absolute atomic E-state index is 0.0951. The Morgan fingerprint density at radius 3 is 2.33 bits per heavy atom. The van der Waals surface area contributed by atoms with Crippen LogP contribution in [0.3, 0.4) is 0 Å². The molecule has 1 rings (SSSR count). The molecule has 1 amide bonds. The van der Waals surface area contributed by atoms with Crippen LogP contribution in [0.5, 0.6) is 5.75 Å². The molecule has 0 heterocycles. The Morgan fingerprint density at radius 2 is 1.86 bits per heavy atom. The lowest BCUT2D eigenvalue weighted by Gasteiger charge is -2.22. The van der Waals surface area contributed by atoms with Crippen LogP contribution >= 0.6 is 0 Å². The fourth-order valence-electron chi connectivity index (χ4n) is 1.86. The van der Waals surface area contributed by atoms with Gasteiger partial charge in [0.2, 0.25) is 5.91 Å². The maximum atomic E-state index is 12.1. The fourth-order valence-corrected chi connectivity index (χ4v) is 1.86. The predicted octanol–water partition coefficient (Wildman–Crippen LogP) is 0.576. The molecule has 0 aliphatic rings. The van der Waals surface area contributed by atoms with Crippen LogP contribution in [0.1, 0.15) is 19.4 Å². The first kappa shape index (κ1) is 17.0. The van der Waals surface area contributed by atoms with Gasteiger partial charge in [0.1, 0.15) is 11.8 Å². The number of methoxy groups -OCH3 is 1. The predicted molar refractivity (Wildman–Crippen MR) is 78.6 cm³/mol. The molecule has 2 atom stereocenters. The number of benzene rings is 1. The number of aromatic hydroxyl groups is 1. The smallest absolute Gasteiger partial charge is 0.328 e. The van der Waals surface area contributed by atoms with E-state index in [4.69, 9.17) is 5.73 Å². The van der Waals surface area contributed by atoms with Crippen molar-refractivity contribution in [3.8, 4) is 5.75 Å². The topological polar surface area (TPSA) is 102 Å². The Bertz CT molecular complexity index is 485. The molecule has 1 aromatic carbocycles. The van der Waals surface area contributed by atoms with E-state index >= 15 is 0 Å². The highest BCUT2D eigenvalue weighted by molar-refractivity contribution is 5.87. The standard InChI is InChI=1S/C15H22N2O4/c1-9(2)13(15(20)21-3)17-14(19)12(16)8-10-4-6-11(18)7-5-10/h4-7,9,12-13,18H,8,16H2,1-3H3,(H,17,19)/t12-,13+/m1/s1. The first-order valence-electron chi connectivity index (χ1n) is 6.76. The summed E-state index contributed by atoms with van der Waals surface area (Å²) in [7, 11) is 1.28. The van der Waals surface area contributed by atoms with Crippen LogP contribution in [0.25, 0.3) is 0 Å². The van der Waals surface area contributed by atoms with Crippen molar-refractivity contribution in [3.63, 3.8) is 0 Å². The lowest BCUT2D eigenvalue weighted by Crippen LogP contribution is -2.51. The van der Waals surface area contributed by atoms with E-state index in [9.17, 15) is 14.7 Å². The first-order chi connectivity index (χ1) is 9.85. The molecule has 0 fully saturated rings. The van der Waals surface area contributed by atoms with Crippen molar-refractivity contribution in [2.75, 3.05) is 7.11 Å². The molecule has 6 nitrogen and oxygen atoms in total. The van der Waals surface area contributed by atoms with Crippen LogP contribution in [0.2, 0.25) is 0 Å². The number of nitrogens with two attached hydrogens (primary N) is 1. The van der Waals surface area contributed by atoms with Crippen LogP contribution in [0.4, 0.5) is 0 Å². The van der Waals surface area contributed by atoms with E-state index in [-0.39, 0.29) is 11.7 Å². The second-order valence-corrected chi connectivity index (χ2v) is 5.23. The van der Waals surface area contributed by atoms with Crippen molar-refractivity contribution < 1.29 is 19.4 Å². The van der Waals surface area contributed by atoms with Crippen molar-refractivity contribution in [1.29, 1.82) is 0 Å². The number of nitrogens with one attached hydrogen (secondary N) is 1. The van der Waals surface area contributed by atoms with Gasteiger partial charge in [0.05, 0.1) is 13.2 Å². The number of carbonyl (C=O) groups excluding carboxylic acids is 2. The van der Waals surface area contributed by atoms with Gasteiger partial charge in [-0.3, -0.25) is 4.79 Å². The van der Waals surface area contributed by atoms with Crippen molar-refractivity contribution >= 4 is 11.9 Å². The monoisotopic (exact) mass is 294 g/mol. The summed E-state index contributed by atoms with van der Waals surface area (Å²) >= 11 is 0. The first-order valence-corrected chi connectivity index (χ1v) is 6.76. The van der Waals surface area contributed by atoms with Gasteiger partial charge >= 0.3 is 5.97 Å². The number of hydrogen-bond acceptors (Lipinski definition) is 5. The van der Waals surface area contributed by atoms with Gasteiger partial charge in [0, 0.05) is 0 Å². The van der Waals surface area contributed by atoms with Crippen LogP contribution < -0.4 is 11.1 Å². The molecule has 0 saturated heterocycles. The molecule has 0 bridgehead atoms. The number of phenols is 1. The molecule has 0 unspecified atom stereocenters. The third-order valence-corrected chi connectivity index (χ3v) is 3.15. The highest BCUT2D eigenvalue weighted by Gasteiger charge is 2.27. The second kappa shape index (κ2) is 7.64. The second-order valence-electron chi connectivity index (χ2n) is 5.23. The Morgan fingerprint density at radius 1 is 1.29 bits per heavy atom. The van der Waals surface area contributed by atoms with E-state index in [0.717, 1.165) is 5.56 Å². The zero-order valence-corrected chi connectivity index (χ0v) is 12.5. The summed E-state index contributed by atoms with van der Waals surface area (Å²) in [5, 5.41) is 11.8. The fraction of sp³-hybridized carbons (Fsp3) is 0.467. The zero-order chi connectivity index (χ0) is 16.0. The largest absolute Gasteiger partial charge is 0.508 e. The lowest BCUT2D eigenvalue weighted by molar-refractivity contribution is -0.146. The van der Waals surface area contributed by atoms with Crippen LogP contribution in [0, 0.1) is 5.92 Å². The SMILES string of the molecule is COC(=O)[C@@H](NC(=O)[C@H](N)Cc1ccc(O)cc1)C(C)C. The normalized spacial score (nSPS) is 13.6. The number of esters is 1. The molecule has 0 saturated carbocycles. The Labute approximate surface area is 124 Å². The van der Waals surface area contributed by atoms with E-state index in [1.165, 1.54) is 19.2 Å². The van der Waals surface area contributed by atoms with Gasteiger partial charge in [-0.15, -0.1) is 0 Å². The van der Waals surface area contributed by atoms with Crippen LogP contribution in [-0.2, 0) is 20.7 Å². The molecular formula is C15H22N2O4. The molecule has 0 aliphatic heterocycles. The summed E-state index contributed by atoms with van der Waals surface area (Å²) in [6.07, 6.45) is 0.318. The Hall–Kier alpha value is -2.08. The zero-order valence-electron chi connectivity index (χ0n) is 12.5. The maximum Gasteiger partial charge on any atom is 0.328 e. The van der Waals surface area contributed by atoms with Gasteiger partial charge in [-0.1, -0.05) is 26.0 Å². The van der Waals surface area contributed by atoms with Crippen molar-refractivity contribution in [1.82, 2.24) is 5.32 Å². The summed E-state index contributed by atoms with van der Waals surface area (Å²) in [5.41, 5.74) is 6.68. The number of ether oxygens (including phenoxy) is 1. The molecular weight excluding hydrogens is 272 g/mol. The summed E-state index contributed by atoms with van der Waals surface area (Å²) < 4.78 is 4.66. The van der Waals surface area contributed by atoms with Gasteiger partial charge < -0.3 is 20.9 Å². The average Bonchev–Trinajstić information content (AvgIpc) is 2.45. The van der Waals surface area contributed by atoms with Crippen LogP contribution in [0.15, 0.2) is 24.3 Å². The Balaban J connectivity index is 2.64. The third-order valence-electron chi connectivity index (χ3n) is 3.15. The molecule has 6 heteroatoms. The van der Waals surface area contributed by atoms with E-state index in [1.54, 1.807) is 12.1 Å². The maximum absolute atomic E-state index is 12.1. The highest BCUT2D eigenvalue weighted by atomic mass is 16.5. The highest BCUT2D eigenvalue weighted by Crippen LogP contribution is 2.11. The molecule has 21 heavy (non-hydrogen) atoms. The van der Waals surface area contributed by atoms with Crippen molar-refractivity contribution in [3.05, 3.63) is 29.8 Å². The molecule has 116 valence electrons. The third kappa shape index (κ3) is 5.07. The summed E-state index contributed by atoms with van der Waals surface area (Å²) in [4.78, 5) is 23.7. The van der Waals surface area contributed by atoms with Gasteiger partial charge in [-0.2, -0.15) is 0 Å². The van der Waals surface area contributed by atoms with Crippen molar-refractivity contribution in [2.24, 2.45) is 11.7 Å². The van der Waals surface area contributed by atoms with Crippen molar-refractivity contribution in [2.45, 2.75) is 32.4 Å². The van der Waals surface area contributed by atoms with E-state index in [2.05, 4.69) is 10.1 Å². The summed E-state index contributed by atoms with van der Waals surface area (Å²) in [6, 6.07) is 4.97. The van der Waals surface area contributed by atoms with Gasteiger partial charge in [-0.25, -0.2) is 4.79 Å². The van der Waals surface area contributed by atoms with E-state index < -0.39 is 24.0 Å². The Kier molecular flexibility index (Phi) is 6.17. The van der Waals surface area contributed by atoms with Gasteiger partial charge in [0.25, 0.3) is 0 Å². The quantitative estimate of drug-likeness (QED) is 0.666.